The molecule has 2 N–H and O–H groups in total. The van der Waals surface area contributed by atoms with Gasteiger partial charge in [0.25, 0.3) is 5.91 Å². The van der Waals surface area contributed by atoms with Crippen LogP contribution in [0.4, 0.5) is 11.4 Å². The zero-order valence-electron chi connectivity index (χ0n) is 12.3. The molecule has 2 rings (SSSR count). The van der Waals surface area contributed by atoms with Crippen LogP contribution in [0.5, 0.6) is 0 Å². The number of hydrogen-bond donors (Lipinski definition) is 2. The summed E-state index contributed by atoms with van der Waals surface area (Å²) in [5.74, 6) is -0.220. The van der Waals surface area contributed by atoms with Crippen molar-refractivity contribution in [3.8, 4) is 6.07 Å². The van der Waals surface area contributed by atoms with Crippen molar-refractivity contribution in [3.63, 3.8) is 0 Å². The second kappa shape index (κ2) is 6.10. The molecule has 0 spiro atoms. The number of amides is 1. The Hall–Kier alpha value is -2.80. The Morgan fingerprint density at radius 1 is 1.10 bits per heavy atom. The van der Waals surface area contributed by atoms with Gasteiger partial charge in [-0.3, -0.25) is 4.79 Å². The molecule has 2 aromatic carbocycles. The Kier molecular flexibility index (Phi) is 4.24. The lowest BCUT2D eigenvalue weighted by Gasteiger charge is -2.10. The number of carbonyl (C=O) groups is 1. The smallest absolute Gasteiger partial charge is 0.255 e. The predicted octanol–water partition coefficient (Wildman–Crippen LogP) is 3.47. The third-order valence-corrected chi connectivity index (χ3v) is 3.39. The van der Waals surface area contributed by atoms with E-state index >= 15 is 0 Å². The highest BCUT2D eigenvalue weighted by molar-refractivity contribution is 6.05. The maximum atomic E-state index is 12.3. The Labute approximate surface area is 124 Å². The van der Waals surface area contributed by atoms with Crippen molar-refractivity contribution >= 4 is 17.3 Å². The minimum absolute atomic E-state index is 0.220. The summed E-state index contributed by atoms with van der Waals surface area (Å²) in [5.41, 5.74) is 4.43. The van der Waals surface area contributed by atoms with Crippen LogP contribution in [-0.4, -0.2) is 13.0 Å². The van der Waals surface area contributed by atoms with Crippen molar-refractivity contribution in [1.82, 2.24) is 0 Å². The van der Waals surface area contributed by atoms with E-state index in [1.807, 2.05) is 45.2 Å². The van der Waals surface area contributed by atoms with Gasteiger partial charge in [0.15, 0.2) is 0 Å². The summed E-state index contributed by atoms with van der Waals surface area (Å²) in [7, 11) is 1.84. The van der Waals surface area contributed by atoms with E-state index in [0.29, 0.717) is 16.8 Å². The van der Waals surface area contributed by atoms with Crippen LogP contribution in [0.1, 0.15) is 27.0 Å². The molecule has 0 radical (unpaired) electrons. The van der Waals surface area contributed by atoms with Crippen molar-refractivity contribution < 1.29 is 4.79 Å². The SMILES string of the molecule is CNc1ccc(C(=O)Nc2cccc(C)c2C#N)cc1C. The Morgan fingerprint density at radius 2 is 1.86 bits per heavy atom. The largest absolute Gasteiger partial charge is 0.388 e. The quantitative estimate of drug-likeness (QED) is 0.904. The molecule has 0 bridgehead atoms. The first-order valence-electron chi connectivity index (χ1n) is 6.66. The molecule has 0 aromatic heterocycles. The third-order valence-electron chi connectivity index (χ3n) is 3.39. The maximum absolute atomic E-state index is 12.3. The summed E-state index contributed by atoms with van der Waals surface area (Å²) >= 11 is 0. The van der Waals surface area contributed by atoms with Crippen LogP contribution in [0, 0.1) is 25.2 Å². The van der Waals surface area contributed by atoms with Gasteiger partial charge in [0.1, 0.15) is 6.07 Å². The fourth-order valence-electron chi connectivity index (χ4n) is 2.20. The molecule has 0 aliphatic heterocycles. The van der Waals surface area contributed by atoms with Gasteiger partial charge in [-0.15, -0.1) is 0 Å². The lowest BCUT2D eigenvalue weighted by atomic mass is 10.1. The number of carbonyl (C=O) groups excluding carboxylic acids is 1. The minimum atomic E-state index is -0.220. The molecule has 0 saturated carbocycles. The normalized spacial score (nSPS) is 9.81. The van der Waals surface area contributed by atoms with Crippen molar-refractivity contribution in [2.75, 3.05) is 17.7 Å². The summed E-state index contributed by atoms with van der Waals surface area (Å²) in [6, 6.07) is 13.0. The van der Waals surface area contributed by atoms with E-state index in [1.54, 1.807) is 12.1 Å². The summed E-state index contributed by atoms with van der Waals surface area (Å²) in [4.78, 5) is 12.3. The fraction of sp³-hybridized carbons (Fsp3) is 0.176. The van der Waals surface area contributed by atoms with Gasteiger partial charge in [-0.25, -0.2) is 0 Å². The number of nitrogens with one attached hydrogen (secondary N) is 2. The van der Waals surface area contributed by atoms with E-state index in [4.69, 9.17) is 0 Å². The van der Waals surface area contributed by atoms with Crippen LogP contribution in [0.15, 0.2) is 36.4 Å². The van der Waals surface area contributed by atoms with Crippen molar-refractivity contribution in [2.45, 2.75) is 13.8 Å². The zero-order chi connectivity index (χ0) is 15.4. The molecule has 0 fully saturated rings. The molecule has 106 valence electrons. The standard InChI is InChI=1S/C17H17N3O/c1-11-5-4-6-16(14(11)10-18)20-17(21)13-7-8-15(19-3)12(2)9-13/h4-9,19H,1-3H3,(H,20,21). The van der Waals surface area contributed by atoms with E-state index in [9.17, 15) is 10.1 Å². The fourth-order valence-corrected chi connectivity index (χ4v) is 2.20. The molecule has 21 heavy (non-hydrogen) atoms. The number of nitrogens with zero attached hydrogens (tertiary/aromatic N) is 1. The van der Waals surface area contributed by atoms with E-state index in [2.05, 4.69) is 16.7 Å². The highest BCUT2D eigenvalue weighted by Gasteiger charge is 2.11. The topological polar surface area (TPSA) is 64.9 Å². The molecule has 4 nitrogen and oxygen atoms in total. The first-order chi connectivity index (χ1) is 10.1. The number of nitriles is 1. The summed E-state index contributed by atoms with van der Waals surface area (Å²) in [6.45, 7) is 3.79. The van der Waals surface area contributed by atoms with Crippen LogP contribution in [-0.2, 0) is 0 Å². The lowest BCUT2D eigenvalue weighted by Crippen LogP contribution is -2.13. The molecule has 0 aliphatic carbocycles. The van der Waals surface area contributed by atoms with Crippen LogP contribution in [0.25, 0.3) is 0 Å². The monoisotopic (exact) mass is 279 g/mol. The highest BCUT2D eigenvalue weighted by atomic mass is 16.1. The average molecular weight is 279 g/mol. The van der Waals surface area contributed by atoms with Gasteiger partial charge in [0.05, 0.1) is 11.3 Å². The van der Waals surface area contributed by atoms with Gasteiger partial charge in [0.2, 0.25) is 0 Å². The van der Waals surface area contributed by atoms with Crippen LogP contribution < -0.4 is 10.6 Å². The molecular formula is C17H17N3O. The van der Waals surface area contributed by atoms with Gasteiger partial charge >= 0.3 is 0 Å². The Bertz CT molecular complexity index is 729. The second-order valence-electron chi connectivity index (χ2n) is 4.84. The zero-order valence-corrected chi connectivity index (χ0v) is 12.3. The van der Waals surface area contributed by atoms with Gasteiger partial charge < -0.3 is 10.6 Å². The number of anilines is 2. The molecule has 2 aromatic rings. The first-order valence-corrected chi connectivity index (χ1v) is 6.66. The van der Waals surface area contributed by atoms with E-state index in [-0.39, 0.29) is 5.91 Å². The molecule has 1 amide bonds. The number of aryl methyl sites for hydroxylation is 2. The second-order valence-corrected chi connectivity index (χ2v) is 4.84. The number of benzene rings is 2. The van der Waals surface area contributed by atoms with Crippen LogP contribution in [0.2, 0.25) is 0 Å². The van der Waals surface area contributed by atoms with Gasteiger partial charge in [-0.2, -0.15) is 5.26 Å². The number of hydrogen-bond acceptors (Lipinski definition) is 3. The Balaban J connectivity index is 2.29. The van der Waals surface area contributed by atoms with E-state index in [0.717, 1.165) is 16.8 Å². The molecular weight excluding hydrogens is 262 g/mol. The summed E-state index contributed by atoms with van der Waals surface area (Å²) in [6.07, 6.45) is 0. The Morgan fingerprint density at radius 3 is 2.48 bits per heavy atom. The van der Waals surface area contributed by atoms with Crippen molar-refractivity contribution in [1.29, 1.82) is 5.26 Å². The molecule has 0 saturated heterocycles. The van der Waals surface area contributed by atoms with Gasteiger partial charge in [-0.05, 0) is 49.2 Å². The molecule has 0 unspecified atom stereocenters. The van der Waals surface area contributed by atoms with E-state index in [1.165, 1.54) is 0 Å². The third kappa shape index (κ3) is 3.03. The maximum Gasteiger partial charge on any atom is 0.255 e. The van der Waals surface area contributed by atoms with Crippen molar-refractivity contribution in [2.24, 2.45) is 0 Å². The highest BCUT2D eigenvalue weighted by Crippen LogP contribution is 2.21. The van der Waals surface area contributed by atoms with Crippen LogP contribution >= 0.6 is 0 Å². The van der Waals surface area contributed by atoms with Crippen LogP contribution in [0.3, 0.4) is 0 Å². The minimum Gasteiger partial charge on any atom is -0.388 e. The number of rotatable bonds is 3. The van der Waals surface area contributed by atoms with E-state index < -0.39 is 0 Å². The molecule has 0 aliphatic rings. The predicted molar refractivity (Wildman–Crippen MR) is 84.6 cm³/mol. The van der Waals surface area contributed by atoms with Gasteiger partial charge in [-0.1, -0.05) is 12.1 Å². The van der Waals surface area contributed by atoms with Crippen molar-refractivity contribution in [3.05, 3.63) is 58.7 Å². The first kappa shape index (κ1) is 14.6. The average Bonchev–Trinajstić information content (AvgIpc) is 2.47. The molecule has 0 atom stereocenters. The lowest BCUT2D eigenvalue weighted by molar-refractivity contribution is 0.102. The summed E-state index contributed by atoms with van der Waals surface area (Å²) < 4.78 is 0. The summed E-state index contributed by atoms with van der Waals surface area (Å²) in [5, 5.41) is 15.0. The molecule has 4 heteroatoms. The van der Waals surface area contributed by atoms with Gasteiger partial charge in [0, 0.05) is 18.3 Å². The molecule has 0 heterocycles.